The monoisotopic (exact) mass is 550 g/mol. The average molecular weight is 550 g/mol. The third kappa shape index (κ3) is 7.49. The maximum atomic E-state index is 6.12. The molecule has 0 radical (unpaired) electrons. The number of rotatable bonds is 9. The predicted octanol–water partition coefficient (Wildman–Crippen LogP) is 3.72. The van der Waals surface area contributed by atoms with E-state index >= 15 is 0 Å². The molecular weight excluding hydrogens is 519 g/mol. The molecule has 0 bridgehead atoms. The van der Waals surface area contributed by atoms with Crippen LogP contribution < -0.4 is 15.4 Å². The van der Waals surface area contributed by atoms with Gasteiger partial charge < -0.3 is 24.7 Å². The average Bonchev–Trinajstić information content (AvgIpc) is 3.09. The van der Waals surface area contributed by atoms with Gasteiger partial charge in [-0.2, -0.15) is 0 Å². The Bertz CT molecular complexity index is 1010. The first kappa shape index (κ1) is 25.6. The highest BCUT2D eigenvalue weighted by Crippen LogP contribution is 2.27. The third-order valence-corrected chi connectivity index (χ3v) is 4.80. The van der Waals surface area contributed by atoms with Crippen LogP contribution in [0, 0.1) is 13.8 Å². The van der Waals surface area contributed by atoms with Gasteiger partial charge >= 0.3 is 0 Å². The predicted molar refractivity (Wildman–Crippen MR) is 137 cm³/mol. The first-order valence-corrected chi connectivity index (χ1v) is 10.2. The molecule has 1 heterocycles. The Labute approximate surface area is 206 Å². The van der Waals surface area contributed by atoms with Crippen LogP contribution in [0.5, 0.6) is 11.5 Å². The number of ether oxygens (including phenoxy) is 2. The molecule has 0 saturated heterocycles. The van der Waals surface area contributed by atoms with Crippen molar-refractivity contribution in [3.8, 4) is 11.5 Å². The molecule has 0 aliphatic heterocycles. The Morgan fingerprint density at radius 3 is 2.53 bits per heavy atom. The van der Waals surface area contributed by atoms with Crippen LogP contribution in [-0.4, -0.2) is 41.0 Å². The molecule has 1 aromatic heterocycles. The molecule has 0 aliphatic carbocycles. The summed E-state index contributed by atoms with van der Waals surface area (Å²) in [6, 6.07) is 15.9. The van der Waals surface area contributed by atoms with Gasteiger partial charge in [0.05, 0.1) is 19.7 Å². The zero-order valence-corrected chi connectivity index (χ0v) is 21.3. The summed E-state index contributed by atoms with van der Waals surface area (Å²) in [6.07, 6.45) is 0. The molecule has 0 fully saturated rings. The van der Waals surface area contributed by atoms with Crippen LogP contribution in [0.25, 0.3) is 0 Å². The molecule has 172 valence electrons. The van der Waals surface area contributed by atoms with Crippen molar-refractivity contribution < 1.29 is 9.47 Å². The fraction of sp³-hybridized carbons (Fsp3) is 0.348. The number of nitrogens with zero attached hydrogens (tertiary/aromatic N) is 4. The van der Waals surface area contributed by atoms with Gasteiger partial charge in [-0.1, -0.05) is 30.3 Å². The third-order valence-electron chi connectivity index (χ3n) is 4.80. The highest BCUT2D eigenvalue weighted by molar-refractivity contribution is 14.0. The highest BCUT2D eigenvalue weighted by atomic mass is 127. The molecule has 0 unspecified atom stereocenters. The summed E-state index contributed by atoms with van der Waals surface area (Å²) in [4.78, 5) is 4.75. The zero-order valence-electron chi connectivity index (χ0n) is 19.0. The molecule has 0 atom stereocenters. The Morgan fingerprint density at radius 1 is 1.06 bits per heavy atom. The van der Waals surface area contributed by atoms with Crippen molar-refractivity contribution in [3.05, 3.63) is 71.3 Å². The number of hydrogen-bond acceptors (Lipinski definition) is 5. The van der Waals surface area contributed by atoms with Crippen LogP contribution in [0.4, 0.5) is 0 Å². The number of guanidine groups is 1. The van der Waals surface area contributed by atoms with Gasteiger partial charge in [-0.05, 0) is 37.6 Å². The SMILES string of the molecule is COCCNC(=NCc1ccc(C)cc1Oc1ccccc1)NCc1nnc(C)n1C.I. The molecule has 0 amide bonds. The summed E-state index contributed by atoms with van der Waals surface area (Å²) < 4.78 is 13.2. The molecule has 0 spiro atoms. The lowest BCUT2D eigenvalue weighted by molar-refractivity contribution is 0.203. The van der Waals surface area contributed by atoms with E-state index < -0.39 is 0 Å². The van der Waals surface area contributed by atoms with E-state index in [1.165, 1.54) is 0 Å². The van der Waals surface area contributed by atoms with Gasteiger partial charge in [0.25, 0.3) is 0 Å². The fourth-order valence-electron chi connectivity index (χ4n) is 2.88. The van der Waals surface area contributed by atoms with E-state index in [1.54, 1.807) is 7.11 Å². The largest absolute Gasteiger partial charge is 0.457 e. The van der Waals surface area contributed by atoms with E-state index in [2.05, 4.69) is 33.0 Å². The van der Waals surface area contributed by atoms with E-state index in [0.29, 0.717) is 32.2 Å². The number of benzene rings is 2. The summed E-state index contributed by atoms with van der Waals surface area (Å²) in [7, 11) is 3.62. The Morgan fingerprint density at radius 2 is 1.84 bits per heavy atom. The number of hydrogen-bond donors (Lipinski definition) is 2. The normalized spacial score (nSPS) is 11.1. The van der Waals surface area contributed by atoms with Gasteiger partial charge in [0.1, 0.15) is 17.3 Å². The van der Waals surface area contributed by atoms with Gasteiger partial charge in [0.2, 0.25) is 0 Å². The minimum atomic E-state index is 0. The van der Waals surface area contributed by atoms with E-state index in [0.717, 1.165) is 34.3 Å². The molecule has 2 N–H and O–H groups in total. The van der Waals surface area contributed by atoms with Crippen LogP contribution in [0.2, 0.25) is 0 Å². The number of methoxy groups -OCH3 is 1. The van der Waals surface area contributed by atoms with Crippen molar-refractivity contribution in [2.24, 2.45) is 12.0 Å². The summed E-state index contributed by atoms with van der Waals surface area (Å²) in [5, 5.41) is 14.9. The first-order chi connectivity index (χ1) is 15.1. The Hall–Kier alpha value is -2.66. The number of halogens is 1. The van der Waals surface area contributed by atoms with Crippen LogP contribution in [0.15, 0.2) is 53.5 Å². The van der Waals surface area contributed by atoms with Gasteiger partial charge in [0, 0.05) is 26.3 Å². The van der Waals surface area contributed by atoms with Gasteiger partial charge in [-0.25, -0.2) is 4.99 Å². The number of aromatic nitrogens is 3. The smallest absolute Gasteiger partial charge is 0.192 e. The van der Waals surface area contributed by atoms with Crippen LogP contribution in [0.3, 0.4) is 0 Å². The molecule has 0 saturated carbocycles. The standard InChI is InChI=1S/C23H30N6O2.HI/c1-17-10-11-19(21(14-17)31-20-8-6-5-7-9-20)15-25-23(24-12-13-30-4)26-16-22-28-27-18(2)29(22)3;/h5-11,14H,12-13,15-16H2,1-4H3,(H2,24,25,26);1H. The number of aliphatic imine (C=N–C) groups is 1. The minimum Gasteiger partial charge on any atom is -0.457 e. The van der Waals surface area contributed by atoms with Crippen molar-refractivity contribution in [3.63, 3.8) is 0 Å². The van der Waals surface area contributed by atoms with Crippen molar-refractivity contribution in [1.29, 1.82) is 0 Å². The summed E-state index contributed by atoms with van der Waals surface area (Å²) >= 11 is 0. The first-order valence-electron chi connectivity index (χ1n) is 10.2. The van der Waals surface area contributed by atoms with Crippen molar-refractivity contribution in [2.75, 3.05) is 20.3 Å². The van der Waals surface area contributed by atoms with Crippen molar-refractivity contribution in [1.82, 2.24) is 25.4 Å². The molecule has 2 aromatic carbocycles. The van der Waals surface area contributed by atoms with E-state index in [-0.39, 0.29) is 24.0 Å². The van der Waals surface area contributed by atoms with Crippen LogP contribution in [0.1, 0.15) is 22.8 Å². The summed E-state index contributed by atoms with van der Waals surface area (Å²) in [5.41, 5.74) is 2.13. The van der Waals surface area contributed by atoms with Gasteiger partial charge in [-0.15, -0.1) is 34.2 Å². The minimum absolute atomic E-state index is 0. The second-order valence-corrected chi connectivity index (χ2v) is 7.19. The molecule has 3 aromatic rings. The number of para-hydroxylation sites is 1. The van der Waals surface area contributed by atoms with Crippen molar-refractivity contribution >= 4 is 29.9 Å². The van der Waals surface area contributed by atoms with E-state index in [1.807, 2.05) is 61.9 Å². The molecule has 3 rings (SSSR count). The summed E-state index contributed by atoms with van der Waals surface area (Å²) in [6.45, 7) is 6.17. The Balaban J connectivity index is 0.00000363. The summed E-state index contributed by atoms with van der Waals surface area (Å²) in [5.74, 6) is 3.97. The lowest BCUT2D eigenvalue weighted by Gasteiger charge is -2.14. The number of nitrogens with one attached hydrogen (secondary N) is 2. The Kier molecular flexibility index (Phi) is 10.4. The topological polar surface area (TPSA) is 85.6 Å². The second-order valence-electron chi connectivity index (χ2n) is 7.19. The molecular formula is C23H31IN6O2. The highest BCUT2D eigenvalue weighted by Gasteiger charge is 2.09. The second kappa shape index (κ2) is 13.0. The van der Waals surface area contributed by atoms with Crippen LogP contribution in [-0.2, 0) is 24.9 Å². The maximum absolute atomic E-state index is 6.12. The molecule has 0 aliphatic rings. The lowest BCUT2D eigenvalue weighted by atomic mass is 10.1. The van der Waals surface area contributed by atoms with Crippen LogP contribution >= 0.6 is 24.0 Å². The molecule has 8 nitrogen and oxygen atoms in total. The van der Waals surface area contributed by atoms with E-state index in [9.17, 15) is 0 Å². The maximum Gasteiger partial charge on any atom is 0.192 e. The molecule has 9 heteroatoms. The lowest BCUT2D eigenvalue weighted by Crippen LogP contribution is -2.39. The zero-order chi connectivity index (χ0) is 22.1. The van der Waals surface area contributed by atoms with E-state index in [4.69, 9.17) is 14.5 Å². The quantitative estimate of drug-likeness (QED) is 0.183. The fourth-order valence-corrected chi connectivity index (χ4v) is 2.88. The van der Waals surface area contributed by atoms with Gasteiger partial charge in [-0.3, -0.25) is 0 Å². The van der Waals surface area contributed by atoms with Gasteiger partial charge in [0.15, 0.2) is 11.8 Å². The molecule has 32 heavy (non-hydrogen) atoms. The van der Waals surface area contributed by atoms with Crippen molar-refractivity contribution in [2.45, 2.75) is 26.9 Å². The number of aryl methyl sites for hydroxylation is 2.